The molecule has 0 atom stereocenters. The Morgan fingerprint density at radius 2 is 2.33 bits per heavy atom. The molecule has 2 aromatic rings. The molecule has 1 heterocycles. The van der Waals surface area contributed by atoms with Gasteiger partial charge in [-0.3, -0.25) is 5.10 Å². The number of aromatic nitrogens is 2. The Bertz CT molecular complexity index is 410. The van der Waals surface area contributed by atoms with Gasteiger partial charge in [0.25, 0.3) is 0 Å². The fourth-order valence-electron chi connectivity index (χ4n) is 1.19. The van der Waals surface area contributed by atoms with E-state index in [1.165, 1.54) is 0 Å². The highest BCUT2D eigenvalue weighted by molar-refractivity contribution is 9.10. The number of nitrogens with one attached hydrogen (secondary N) is 1. The topological polar surface area (TPSA) is 48.9 Å². The molecular formula is C8H7BrN2O. The molecule has 0 spiro atoms. The first-order chi connectivity index (χ1) is 5.83. The van der Waals surface area contributed by atoms with Gasteiger partial charge in [-0.05, 0) is 15.9 Å². The zero-order valence-electron chi connectivity index (χ0n) is 6.21. The summed E-state index contributed by atoms with van der Waals surface area (Å²) in [6.07, 6.45) is 0. The van der Waals surface area contributed by atoms with E-state index in [1.54, 1.807) is 0 Å². The van der Waals surface area contributed by atoms with E-state index >= 15 is 0 Å². The van der Waals surface area contributed by atoms with Gasteiger partial charge in [0.1, 0.15) is 4.60 Å². The molecule has 0 aliphatic rings. The van der Waals surface area contributed by atoms with Gasteiger partial charge in [0, 0.05) is 10.9 Å². The number of hydrogen-bond acceptors (Lipinski definition) is 2. The lowest BCUT2D eigenvalue weighted by Crippen LogP contribution is -1.83. The average Bonchev–Trinajstić information content (AvgIpc) is 2.48. The van der Waals surface area contributed by atoms with E-state index in [0.29, 0.717) is 0 Å². The van der Waals surface area contributed by atoms with Gasteiger partial charge in [0.05, 0.1) is 12.1 Å². The van der Waals surface area contributed by atoms with E-state index in [2.05, 4.69) is 26.1 Å². The molecule has 0 unspecified atom stereocenters. The van der Waals surface area contributed by atoms with Crippen LogP contribution in [0.2, 0.25) is 0 Å². The van der Waals surface area contributed by atoms with Gasteiger partial charge in [-0.25, -0.2) is 0 Å². The largest absolute Gasteiger partial charge is 0.392 e. The molecule has 0 saturated carbocycles. The Labute approximate surface area is 77.5 Å². The van der Waals surface area contributed by atoms with Crippen molar-refractivity contribution in [1.82, 2.24) is 10.2 Å². The molecular weight excluding hydrogens is 220 g/mol. The van der Waals surface area contributed by atoms with Crippen molar-refractivity contribution in [2.45, 2.75) is 6.61 Å². The van der Waals surface area contributed by atoms with Crippen LogP contribution >= 0.6 is 15.9 Å². The summed E-state index contributed by atoms with van der Waals surface area (Å²) in [6, 6.07) is 5.70. The number of rotatable bonds is 1. The quantitative estimate of drug-likeness (QED) is 0.780. The molecule has 12 heavy (non-hydrogen) atoms. The van der Waals surface area contributed by atoms with Crippen molar-refractivity contribution in [2.75, 3.05) is 0 Å². The van der Waals surface area contributed by atoms with Crippen LogP contribution in [0.5, 0.6) is 0 Å². The molecule has 1 aromatic heterocycles. The molecule has 0 aliphatic heterocycles. The first-order valence-electron chi connectivity index (χ1n) is 3.55. The van der Waals surface area contributed by atoms with Gasteiger partial charge in [0.2, 0.25) is 0 Å². The maximum Gasteiger partial charge on any atom is 0.108 e. The monoisotopic (exact) mass is 226 g/mol. The summed E-state index contributed by atoms with van der Waals surface area (Å²) in [6.45, 7) is 0.0225. The van der Waals surface area contributed by atoms with Gasteiger partial charge in [-0.2, -0.15) is 5.10 Å². The van der Waals surface area contributed by atoms with Crippen LogP contribution in [-0.4, -0.2) is 15.3 Å². The van der Waals surface area contributed by atoms with Crippen LogP contribution < -0.4 is 0 Å². The van der Waals surface area contributed by atoms with Crippen LogP contribution in [0.1, 0.15) is 5.56 Å². The summed E-state index contributed by atoms with van der Waals surface area (Å²) in [5.41, 5.74) is 1.67. The Morgan fingerprint density at radius 3 is 3.08 bits per heavy atom. The minimum atomic E-state index is 0.0225. The second-order valence-electron chi connectivity index (χ2n) is 2.51. The van der Waals surface area contributed by atoms with Crippen LogP contribution in [0.15, 0.2) is 22.8 Å². The standard InChI is InChI=1S/C8H7BrN2O/c9-8-6-3-1-2-5(4-12)7(6)10-11-8/h1-3,12H,4H2,(H,10,11). The summed E-state index contributed by atoms with van der Waals surface area (Å²) < 4.78 is 0.854. The van der Waals surface area contributed by atoms with Gasteiger partial charge < -0.3 is 5.11 Å². The number of para-hydroxylation sites is 1. The molecule has 0 radical (unpaired) electrons. The van der Waals surface area contributed by atoms with Crippen molar-refractivity contribution in [3.63, 3.8) is 0 Å². The van der Waals surface area contributed by atoms with Crippen molar-refractivity contribution in [3.05, 3.63) is 28.4 Å². The van der Waals surface area contributed by atoms with Crippen LogP contribution in [0, 0.1) is 0 Å². The molecule has 0 fully saturated rings. The van der Waals surface area contributed by atoms with Crippen molar-refractivity contribution in [3.8, 4) is 0 Å². The summed E-state index contributed by atoms with van der Waals surface area (Å²) in [5, 5.41) is 16.8. The number of H-pyrrole nitrogens is 1. The van der Waals surface area contributed by atoms with Gasteiger partial charge >= 0.3 is 0 Å². The molecule has 0 amide bonds. The highest BCUT2D eigenvalue weighted by Crippen LogP contribution is 2.23. The van der Waals surface area contributed by atoms with E-state index in [9.17, 15) is 0 Å². The zero-order chi connectivity index (χ0) is 8.55. The third-order valence-electron chi connectivity index (χ3n) is 1.79. The van der Waals surface area contributed by atoms with Crippen LogP contribution in [0.4, 0.5) is 0 Å². The second-order valence-corrected chi connectivity index (χ2v) is 3.30. The van der Waals surface area contributed by atoms with Gasteiger partial charge in [-0.1, -0.05) is 18.2 Å². The van der Waals surface area contributed by atoms with Crippen LogP contribution in [0.25, 0.3) is 10.9 Å². The SMILES string of the molecule is OCc1cccc2c(Br)[nH]nc12. The van der Waals surface area contributed by atoms with Crippen molar-refractivity contribution in [2.24, 2.45) is 0 Å². The molecule has 62 valence electrons. The van der Waals surface area contributed by atoms with Crippen LogP contribution in [-0.2, 0) is 6.61 Å². The lowest BCUT2D eigenvalue weighted by molar-refractivity contribution is 0.283. The molecule has 3 nitrogen and oxygen atoms in total. The number of aliphatic hydroxyl groups is 1. The predicted octanol–water partition coefficient (Wildman–Crippen LogP) is 1.82. The first kappa shape index (κ1) is 7.76. The highest BCUT2D eigenvalue weighted by atomic mass is 79.9. The molecule has 1 aromatic carbocycles. The van der Waals surface area contributed by atoms with Gasteiger partial charge in [0.15, 0.2) is 0 Å². The third-order valence-corrected chi connectivity index (χ3v) is 2.40. The molecule has 2 rings (SSSR count). The number of halogens is 1. The van der Waals surface area contributed by atoms with Crippen molar-refractivity contribution < 1.29 is 5.11 Å². The minimum Gasteiger partial charge on any atom is -0.392 e. The minimum absolute atomic E-state index is 0.0225. The Morgan fingerprint density at radius 1 is 1.50 bits per heavy atom. The maximum absolute atomic E-state index is 8.98. The fourth-order valence-corrected chi connectivity index (χ4v) is 1.60. The van der Waals surface area contributed by atoms with Crippen molar-refractivity contribution >= 4 is 26.8 Å². The van der Waals surface area contributed by atoms with Crippen molar-refractivity contribution in [1.29, 1.82) is 0 Å². The zero-order valence-corrected chi connectivity index (χ0v) is 7.80. The summed E-state index contributed by atoms with van der Waals surface area (Å²) >= 11 is 3.33. The van der Waals surface area contributed by atoms with E-state index < -0.39 is 0 Å². The number of benzene rings is 1. The molecule has 4 heteroatoms. The summed E-state index contributed by atoms with van der Waals surface area (Å²) in [7, 11) is 0. The molecule has 0 aliphatic carbocycles. The Kier molecular flexibility index (Phi) is 1.86. The number of aliphatic hydroxyl groups excluding tert-OH is 1. The average molecular weight is 227 g/mol. The molecule has 0 bridgehead atoms. The molecule has 2 N–H and O–H groups in total. The maximum atomic E-state index is 8.98. The lowest BCUT2D eigenvalue weighted by Gasteiger charge is -1.95. The number of fused-ring (bicyclic) bond motifs is 1. The predicted molar refractivity (Wildman–Crippen MR) is 49.7 cm³/mol. The normalized spacial score (nSPS) is 10.8. The Balaban J connectivity index is 2.81. The number of nitrogens with zero attached hydrogens (tertiary/aromatic N) is 1. The van der Waals surface area contributed by atoms with E-state index in [-0.39, 0.29) is 6.61 Å². The lowest BCUT2D eigenvalue weighted by atomic mass is 10.1. The van der Waals surface area contributed by atoms with Gasteiger partial charge in [-0.15, -0.1) is 0 Å². The van der Waals surface area contributed by atoms with E-state index in [1.807, 2.05) is 18.2 Å². The summed E-state index contributed by atoms with van der Waals surface area (Å²) in [5.74, 6) is 0. The van der Waals surface area contributed by atoms with E-state index in [0.717, 1.165) is 21.1 Å². The Hall–Kier alpha value is -0.870. The smallest absolute Gasteiger partial charge is 0.108 e. The van der Waals surface area contributed by atoms with E-state index in [4.69, 9.17) is 5.11 Å². The van der Waals surface area contributed by atoms with Crippen LogP contribution in [0.3, 0.4) is 0 Å². The molecule has 0 saturated heterocycles. The summed E-state index contributed by atoms with van der Waals surface area (Å²) in [4.78, 5) is 0. The first-order valence-corrected chi connectivity index (χ1v) is 4.34. The fraction of sp³-hybridized carbons (Fsp3) is 0.125. The number of aromatic amines is 1. The second kappa shape index (κ2) is 2.88. The number of hydrogen-bond donors (Lipinski definition) is 2. The highest BCUT2D eigenvalue weighted by Gasteiger charge is 2.05. The third kappa shape index (κ3) is 1.04.